The van der Waals surface area contributed by atoms with Crippen molar-refractivity contribution in [2.45, 2.75) is 36.0 Å². The average molecular weight is 522 g/mol. The molecule has 1 atom stereocenters. The topological polar surface area (TPSA) is 114 Å². The van der Waals surface area contributed by atoms with Crippen LogP contribution in [0.1, 0.15) is 30.1 Å². The molecule has 2 aliphatic heterocycles. The van der Waals surface area contributed by atoms with E-state index >= 15 is 0 Å². The largest absolute Gasteiger partial charge is 0.381 e. The summed E-state index contributed by atoms with van der Waals surface area (Å²) in [7, 11) is -3.38. The van der Waals surface area contributed by atoms with E-state index in [1.54, 1.807) is 48.7 Å². The SMILES string of the molecule is C[C@@H]1CN(C(=O)c2ccc(Nc3nccc(-c4ccc(S(=O)(=O)C5CCOCC5)cc4)n3)cc2)CCN1. The first kappa shape index (κ1) is 25.3. The minimum absolute atomic E-state index is 0.0282. The van der Waals surface area contributed by atoms with Crippen LogP contribution in [0.3, 0.4) is 0 Å². The van der Waals surface area contributed by atoms with Gasteiger partial charge in [0.05, 0.1) is 15.8 Å². The van der Waals surface area contributed by atoms with Gasteiger partial charge in [0.25, 0.3) is 5.91 Å². The van der Waals surface area contributed by atoms with Crippen molar-refractivity contribution in [1.82, 2.24) is 20.2 Å². The standard InChI is InChI=1S/C27H31N5O4S/c1-19-18-32(15-14-28-19)26(33)21-2-6-22(7-3-21)30-27-29-13-10-25(31-27)20-4-8-23(9-5-20)37(34,35)24-11-16-36-17-12-24/h2-10,13,19,24,28H,11-12,14-18H2,1H3,(H,29,30,31)/t19-/m1/s1. The van der Waals surface area contributed by atoms with Crippen LogP contribution in [0.15, 0.2) is 65.7 Å². The van der Waals surface area contributed by atoms with E-state index in [2.05, 4.69) is 27.5 Å². The number of hydrogen-bond donors (Lipinski definition) is 2. The highest BCUT2D eigenvalue weighted by Crippen LogP contribution is 2.26. The van der Waals surface area contributed by atoms with Gasteiger partial charge in [0.15, 0.2) is 9.84 Å². The minimum atomic E-state index is -3.38. The molecule has 1 amide bonds. The van der Waals surface area contributed by atoms with Crippen LogP contribution < -0.4 is 10.6 Å². The van der Waals surface area contributed by atoms with E-state index in [0.717, 1.165) is 17.8 Å². The Morgan fingerprint density at radius 2 is 1.78 bits per heavy atom. The Morgan fingerprint density at radius 1 is 1.05 bits per heavy atom. The Morgan fingerprint density at radius 3 is 2.49 bits per heavy atom. The molecule has 0 spiro atoms. The molecular weight excluding hydrogens is 490 g/mol. The van der Waals surface area contributed by atoms with Gasteiger partial charge in [-0.2, -0.15) is 0 Å². The highest BCUT2D eigenvalue weighted by Gasteiger charge is 2.29. The number of sulfone groups is 1. The van der Waals surface area contributed by atoms with Crippen molar-refractivity contribution in [3.8, 4) is 11.3 Å². The van der Waals surface area contributed by atoms with Crippen LogP contribution in [0.2, 0.25) is 0 Å². The zero-order valence-corrected chi connectivity index (χ0v) is 21.6. The van der Waals surface area contributed by atoms with Gasteiger partial charge in [-0.15, -0.1) is 0 Å². The molecular formula is C27H31N5O4S. The van der Waals surface area contributed by atoms with Gasteiger partial charge in [-0.1, -0.05) is 12.1 Å². The second-order valence-electron chi connectivity index (χ2n) is 9.46. The summed E-state index contributed by atoms with van der Waals surface area (Å²) in [6.07, 6.45) is 2.70. The lowest BCUT2D eigenvalue weighted by Gasteiger charge is -2.32. The van der Waals surface area contributed by atoms with E-state index < -0.39 is 15.1 Å². The van der Waals surface area contributed by atoms with E-state index in [1.807, 2.05) is 17.0 Å². The smallest absolute Gasteiger partial charge is 0.253 e. The third kappa shape index (κ3) is 5.82. The van der Waals surface area contributed by atoms with Crippen molar-refractivity contribution >= 4 is 27.4 Å². The van der Waals surface area contributed by atoms with Gasteiger partial charge in [-0.05, 0) is 62.2 Å². The highest BCUT2D eigenvalue weighted by atomic mass is 32.2. The van der Waals surface area contributed by atoms with Crippen molar-refractivity contribution in [2.24, 2.45) is 0 Å². The fourth-order valence-corrected chi connectivity index (χ4v) is 6.41. The second-order valence-corrected chi connectivity index (χ2v) is 11.7. The lowest BCUT2D eigenvalue weighted by atomic mass is 10.1. The molecule has 0 unspecified atom stereocenters. The third-order valence-corrected chi connectivity index (χ3v) is 9.06. The molecule has 2 saturated heterocycles. The van der Waals surface area contributed by atoms with Crippen LogP contribution >= 0.6 is 0 Å². The number of rotatable bonds is 6. The Bertz CT molecular complexity index is 1340. The van der Waals surface area contributed by atoms with Gasteiger partial charge < -0.3 is 20.3 Å². The molecule has 0 bridgehead atoms. The van der Waals surface area contributed by atoms with Crippen molar-refractivity contribution in [3.05, 3.63) is 66.4 Å². The van der Waals surface area contributed by atoms with Crippen molar-refractivity contribution < 1.29 is 17.9 Å². The van der Waals surface area contributed by atoms with Crippen LogP contribution in [-0.4, -0.2) is 73.3 Å². The first-order chi connectivity index (χ1) is 17.9. The molecule has 3 heterocycles. The normalized spacial score (nSPS) is 18.9. The molecule has 2 fully saturated rings. The van der Waals surface area contributed by atoms with Crippen molar-refractivity contribution in [2.75, 3.05) is 38.2 Å². The summed E-state index contributed by atoms with van der Waals surface area (Å²) in [5, 5.41) is 6.13. The van der Waals surface area contributed by atoms with Crippen LogP contribution in [0.5, 0.6) is 0 Å². The number of aromatic nitrogens is 2. The third-order valence-electron chi connectivity index (χ3n) is 6.79. The summed E-state index contributed by atoms with van der Waals surface area (Å²) in [6, 6.07) is 16.2. The molecule has 37 heavy (non-hydrogen) atoms. The number of ether oxygens (including phenoxy) is 1. The van der Waals surface area contributed by atoms with E-state index in [9.17, 15) is 13.2 Å². The summed E-state index contributed by atoms with van der Waals surface area (Å²) >= 11 is 0. The van der Waals surface area contributed by atoms with E-state index in [-0.39, 0.29) is 11.9 Å². The summed E-state index contributed by atoms with van der Waals surface area (Å²) in [6.45, 7) is 5.23. The number of carbonyl (C=O) groups excluding carboxylic acids is 1. The maximum absolute atomic E-state index is 12.9. The van der Waals surface area contributed by atoms with Gasteiger partial charge in [-0.3, -0.25) is 4.79 Å². The zero-order chi connectivity index (χ0) is 25.8. The predicted molar refractivity (Wildman–Crippen MR) is 142 cm³/mol. The summed E-state index contributed by atoms with van der Waals surface area (Å²) in [5.41, 5.74) is 2.88. The molecule has 2 aromatic carbocycles. The zero-order valence-electron chi connectivity index (χ0n) is 20.8. The number of nitrogens with zero attached hydrogens (tertiary/aromatic N) is 3. The summed E-state index contributed by atoms with van der Waals surface area (Å²) in [5.74, 6) is 0.437. The van der Waals surface area contributed by atoms with Gasteiger partial charge in [0.2, 0.25) is 5.95 Å². The molecule has 9 nitrogen and oxygen atoms in total. The van der Waals surface area contributed by atoms with Crippen LogP contribution in [-0.2, 0) is 14.6 Å². The molecule has 2 N–H and O–H groups in total. The first-order valence-electron chi connectivity index (χ1n) is 12.5. The fourth-order valence-electron chi connectivity index (χ4n) is 4.70. The van der Waals surface area contributed by atoms with Crippen molar-refractivity contribution in [1.29, 1.82) is 0 Å². The molecule has 194 valence electrons. The van der Waals surface area contributed by atoms with Crippen LogP contribution in [0.4, 0.5) is 11.6 Å². The van der Waals surface area contributed by atoms with Gasteiger partial charge in [-0.25, -0.2) is 18.4 Å². The Kier molecular flexibility index (Phi) is 7.50. The number of carbonyl (C=O) groups is 1. The Balaban J connectivity index is 1.26. The summed E-state index contributed by atoms with van der Waals surface area (Å²) in [4.78, 5) is 23.9. The Hall–Kier alpha value is -3.34. The van der Waals surface area contributed by atoms with Gasteiger partial charge in [0, 0.05) is 61.9 Å². The van der Waals surface area contributed by atoms with Crippen LogP contribution in [0.25, 0.3) is 11.3 Å². The van der Waals surface area contributed by atoms with Crippen molar-refractivity contribution in [3.63, 3.8) is 0 Å². The molecule has 1 aromatic heterocycles. The first-order valence-corrected chi connectivity index (χ1v) is 14.1. The predicted octanol–water partition coefficient (Wildman–Crippen LogP) is 3.27. The van der Waals surface area contributed by atoms with E-state index in [1.165, 1.54) is 0 Å². The maximum Gasteiger partial charge on any atom is 0.253 e. The number of benzene rings is 2. The lowest BCUT2D eigenvalue weighted by Crippen LogP contribution is -2.51. The molecule has 5 rings (SSSR count). The number of amides is 1. The molecule has 10 heteroatoms. The maximum atomic E-state index is 12.9. The molecule has 0 radical (unpaired) electrons. The van der Waals surface area contributed by atoms with Crippen LogP contribution in [0, 0.1) is 0 Å². The van der Waals surface area contributed by atoms with Gasteiger partial charge >= 0.3 is 0 Å². The monoisotopic (exact) mass is 521 g/mol. The quantitative estimate of drug-likeness (QED) is 0.508. The molecule has 0 aliphatic carbocycles. The number of nitrogens with one attached hydrogen (secondary N) is 2. The average Bonchev–Trinajstić information content (AvgIpc) is 2.94. The molecule has 0 saturated carbocycles. The molecule has 2 aliphatic rings. The van der Waals surface area contributed by atoms with Gasteiger partial charge in [0.1, 0.15) is 0 Å². The summed E-state index contributed by atoms with van der Waals surface area (Å²) < 4.78 is 31.2. The fraction of sp³-hybridized carbons (Fsp3) is 0.370. The second kappa shape index (κ2) is 11.0. The highest BCUT2D eigenvalue weighted by molar-refractivity contribution is 7.92. The molecule has 3 aromatic rings. The lowest BCUT2D eigenvalue weighted by molar-refractivity contribution is 0.0709. The number of piperazine rings is 1. The van der Waals surface area contributed by atoms with E-state index in [0.29, 0.717) is 61.2 Å². The number of anilines is 2. The number of hydrogen-bond acceptors (Lipinski definition) is 8. The Labute approximate surface area is 217 Å². The minimum Gasteiger partial charge on any atom is -0.381 e. The van der Waals surface area contributed by atoms with E-state index in [4.69, 9.17) is 4.74 Å².